The molecule has 0 aromatic heterocycles. The van der Waals surface area contributed by atoms with Gasteiger partial charge in [-0.15, -0.1) is 0 Å². The van der Waals surface area contributed by atoms with Crippen molar-refractivity contribution in [3.63, 3.8) is 0 Å². The Morgan fingerprint density at radius 3 is 2.50 bits per heavy atom. The molecule has 2 aromatic rings. The van der Waals surface area contributed by atoms with Crippen LogP contribution in [0.15, 0.2) is 53.4 Å². The van der Waals surface area contributed by atoms with Gasteiger partial charge in [0.2, 0.25) is 10.0 Å². The first kappa shape index (κ1) is 17.3. The maximum atomic E-state index is 13.6. The number of rotatable bonds is 7. The second kappa shape index (κ2) is 7.97. The summed E-state index contributed by atoms with van der Waals surface area (Å²) in [7, 11) is -3.49. The zero-order valence-electron chi connectivity index (χ0n) is 11.6. The van der Waals surface area contributed by atoms with Crippen molar-refractivity contribution in [2.24, 2.45) is 0 Å². The van der Waals surface area contributed by atoms with Crippen LogP contribution in [0.5, 0.6) is 0 Å². The molecule has 0 heterocycles. The van der Waals surface area contributed by atoms with Crippen LogP contribution in [-0.2, 0) is 15.8 Å². The summed E-state index contributed by atoms with van der Waals surface area (Å²) in [6.45, 7) is 0.272. The fourth-order valence-corrected chi connectivity index (χ4v) is 4.16. The predicted octanol–water partition coefficient (Wildman–Crippen LogP) is 3.69. The molecule has 1 N–H and O–H groups in total. The lowest BCUT2D eigenvalue weighted by atomic mass is 10.2. The largest absolute Gasteiger partial charge is 0.240 e. The topological polar surface area (TPSA) is 46.2 Å². The van der Waals surface area contributed by atoms with E-state index in [0.29, 0.717) is 22.1 Å². The molecule has 0 radical (unpaired) electrons. The Morgan fingerprint density at radius 2 is 1.82 bits per heavy atom. The van der Waals surface area contributed by atoms with Crippen LogP contribution in [0, 0.1) is 5.82 Å². The number of hydrogen-bond donors (Lipinski definition) is 1. The fourth-order valence-electron chi connectivity index (χ4n) is 1.78. The highest BCUT2D eigenvalue weighted by Crippen LogP contribution is 2.23. The molecular weight excluding hydrogens is 345 g/mol. The molecule has 2 rings (SSSR count). The Kier molecular flexibility index (Phi) is 6.26. The third kappa shape index (κ3) is 4.71. The van der Waals surface area contributed by atoms with Crippen molar-refractivity contribution in [2.75, 3.05) is 12.3 Å². The van der Waals surface area contributed by atoms with E-state index in [1.54, 1.807) is 30.3 Å². The van der Waals surface area contributed by atoms with Crippen LogP contribution < -0.4 is 4.72 Å². The third-order valence-electron chi connectivity index (χ3n) is 2.90. The van der Waals surface area contributed by atoms with Gasteiger partial charge in [-0.05, 0) is 24.3 Å². The molecule has 3 nitrogen and oxygen atoms in total. The van der Waals surface area contributed by atoms with Crippen molar-refractivity contribution in [2.45, 2.75) is 10.6 Å². The summed E-state index contributed by atoms with van der Waals surface area (Å²) in [5.74, 6) is 0.583. The number of hydrogen-bond acceptors (Lipinski definition) is 3. The maximum Gasteiger partial charge on any atom is 0.240 e. The number of thioether (sulfide) groups is 1. The summed E-state index contributed by atoms with van der Waals surface area (Å²) in [6.07, 6.45) is 0. The molecule has 0 atom stereocenters. The Hall–Kier alpha value is -1.08. The average molecular weight is 360 g/mol. The zero-order valence-corrected chi connectivity index (χ0v) is 14.0. The standard InChI is InChI=1S/C15H15ClFNO2S2/c16-14-7-4-8-15(17)13(14)11-21-10-9-18-22(19,20)12-5-2-1-3-6-12/h1-8,18H,9-11H2. The van der Waals surface area contributed by atoms with Gasteiger partial charge in [0.1, 0.15) is 5.82 Å². The lowest BCUT2D eigenvalue weighted by Gasteiger charge is -2.08. The molecule has 0 saturated heterocycles. The summed E-state index contributed by atoms with van der Waals surface area (Å²) >= 11 is 7.35. The quantitative estimate of drug-likeness (QED) is 0.767. The smallest absolute Gasteiger partial charge is 0.210 e. The molecule has 7 heteroatoms. The Balaban J connectivity index is 1.81. The molecule has 0 amide bonds. The summed E-state index contributed by atoms with van der Waals surface area (Å²) in [5, 5.41) is 0.386. The van der Waals surface area contributed by atoms with Gasteiger partial charge in [-0.3, -0.25) is 0 Å². The molecule has 2 aromatic carbocycles. The summed E-state index contributed by atoms with van der Waals surface area (Å²) in [6, 6.07) is 12.7. The van der Waals surface area contributed by atoms with E-state index in [4.69, 9.17) is 11.6 Å². The van der Waals surface area contributed by atoms with Crippen LogP contribution in [-0.4, -0.2) is 20.7 Å². The molecule has 118 valence electrons. The van der Waals surface area contributed by atoms with Gasteiger partial charge < -0.3 is 0 Å². The molecule has 0 spiro atoms. The zero-order chi connectivity index (χ0) is 16.0. The molecule has 22 heavy (non-hydrogen) atoms. The second-order valence-electron chi connectivity index (χ2n) is 4.46. The van der Waals surface area contributed by atoms with Gasteiger partial charge in [0.15, 0.2) is 0 Å². The Morgan fingerprint density at radius 1 is 1.09 bits per heavy atom. The number of benzene rings is 2. The van der Waals surface area contributed by atoms with Crippen molar-refractivity contribution in [1.82, 2.24) is 4.72 Å². The highest BCUT2D eigenvalue weighted by atomic mass is 35.5. The highest BCUT2D eigenvalue weighted by molar-refractivity contribution is 7.98. The van der Waals surface area contributed by atoms with Crippen LogP contribution in [0.2, 0.25) is 5.02 Å². The molecule has 0 aliphatic carbocycles. The van der Waals surface area contributed by atoms with Gasteiger partial charge in [0, 0.05) is 28.6 Å². The van der Waals surface area contributed by atoms with E-state index >= 15 is 0 Å². The third-order valence-corrected chi connectivity index (χ3v) is 5.72. The van der Waals surface area contributed by atoms with Gasteiger partial charge in [0.25, 0.3) is 0 Å². The molecule has 0 fully saturated rings. The van der Waals surface area contributed by atoms with E-state index in [2.05, 4.69) is 4.72 Å². The lowest BCUT2D eigenvalue weighted by molar-refractivity contribution is 0.584. The molecule has 0 bridgehead atoms. The molecule has 0 aliphatic heterocycles. The highest BCUT2D eigenvalue weighted by Gasteiger charge is 2.12. The minimum atomic E-state index is -3.49. The van der Waals surface area contributed by atoms with Crippen molar-refractivity contribution in [3.05, 3.63) is 64.9 Å². The number of halogens is 2. The van der Waals surface area contributed by atoms with E-state index in [9.17, 15) is 12.8 Å². The maximum absolute atomic E-state index is 13.6. The fraction of sp³-hybridized carbons (Fsp3) is 0.200. The monoisotopic (exact) mass is 359 g/mol. The van der Waals surface area contributed by atoms with Gasteiger partial charge >= 0.3 is 0 Å². The molecule has 0 saturated carbocycles. The van der Waals surface area contributed by atoms with Gasteiger partial charge in [-0.25, -0.2) is 17.5 Å². The van der Waals surface area contributed by atoms with Crippen LogP contribution in [0.25, 0.3) is 0 Å². The van der Waals surface area contributed by atoms with E-state index < -0.39 is 10.0 Å². The minimum Gasteiger partial charge on any atom is -0.210 e. The molecule has 0 aliphatic rings. The van der Waals surface area contributed by atoms with Crippen LogP contribution in [0.3, 0.4) is 0 Å². The first-order valence-electron chi connectivity index (χ1n) is 6.56. The van der Waals surface area contributed by atoms with Gasteiger partial charge in [0.05, 0.1) is 4.90 Å². The van der Waals surface area contributed by atoms with Crippen LogP contribution in [0.1, 0.15) is 5.56 Å². The van der Waals surface area contributed by atoms with Crippen molar-refractivity contribution in [1.29, 1.82) is 0 Å². The van der Waals surface area contributed by atoms with E-state index in [1.165, 1.54) is 30.0 Å². The van der Waals surface area contributed by atoms with Crippen molar-refractivity contribution >= 4 is 33.4 Å². The Bertz CT molecular complexity index is 703. The number of sulfonamides is 1. The summed E-state index contributed by atoms with van der Waals surface area (Å²) < 4.78 is 40.0. The summed E-state index contributed by atoms with van der Waals surface area (Å²) in [4.78, 5) is 0.233. The van der Waals surface area contributed by atoms with E-state index in [1.807, 2.05) is 0 Å². The van der Waals surface area contributed by atoms with Crippen molar-refractivity contribution in [3.8, 4) is 0 Å². The average Bonchev–Trinajstić information content (AvgIpc) is 2.50. The predicted molar refractivity (Wildman–Crippen MR) is 89.2 cm³/mol. The summed E-state index contributed by atoms with van der Waals surface area (Å²) in [5.41, 5.74) is 0.445. The second-order valence-corrected chi connectivity index (χ2v) is 7.74. The van der Waals surface area contributed by atoms with Crippen molar-refractivity contribution < 1.29 is 12.8 Å². The van der Waals surface area contributed by atoms with Crippen LogP contribution in [0.4, 0.5) is 4.39 Å². The first-order chi connectivity index (χ1) is 10.5. The minimum absolute atomic E-state index is 0.233. The number of nitrogens with one attached hydrogen (secondary N) is 1. The molecule has 0 unspecified atom stereocenters. The van der Waals surface area contributed by atoms with Gasteiger partial charge in [-0.2, -0.15) is 11.8 Å². The van der Waals surface area contributed by atoms with E-state index in [0.717, 1.165) is 0 Å². The van der Waals surface area contributed by atoms with E-state index in [-0.39, 0.29) is 17.3 Å². The normalized spacial score (nSPS) is 11.5. The molecular formula is C15H15ClFNO2S2. The first-order valence-corrected chi connectivity index (χ1v) is 9.57. The Labute approximate surface area is 138 Å². The SMILES string of the molecule is O=S(=O)(NCCSCc1c(F)cccc1Cl)c1ccccc1. The van der Waals surface area contributed by atoms with Crippen LogP contribution >= 0.6 is 23.4 Å². The van der Waals surface area contributed by atoms with Gasteiger partial charge in [-0.1, -0.05) is 35.9 Å². The lowest BCUT2D eigenvalue weighted by Crippen LogP contribution is -2.26.